The Morgan fingerprint density at radius 2 is 1.87 bits per heavy atom. The summed E-state index contributed by atoms with van der Waals surface area (Å²) in [4.78, 5) is 30.9. The number of amides is 1. The van der Waals surface area contributed by atoms with E-state index in [4.69, 9.17) is 4.42 Å². The Labute approximate surface area is 177 Å². The predicted molar refractivity (Wildman–Crippen MR) is 117 cm³/mol. The number of rotatable bonds is 7. The van der Waals surface area contributed by atoms with Crippen molar-refractivity contribution in [2.45, 2.75) is 24.1 Å². The van der Waals surface area contributed by atoms with Gasteiger partial charge in [-0.3, -0.25) is 25.0 Å². The third-order valence-corrected chi connectivity index (χ3v) is 5.62. The Kier molecular flexibility index (Phi) is 5.85. The second kappa shape index (κ2) is 8.87. The normalized spacial score (nSPS) is 10.8. The standard InChI is InChI=1S/C22H20N4O3S/c1-2-26-21(28)17-10-6-7-11-18(17)23-22(26)25-24-20(27)19-15(12-13-29-19)14-30-16-8-4-3-5-9-16/h3-13H,2,14H2,1H3,(H,23,25)(H,24,27). The number of thioether (sulfide) groups is 1. The van der Waals surface area contributed by atoms with Crippen molar-refractivity contribution in [3.8, 4) is 0 Å². The van der Waals surface area contributed by atoms with Crippen LogP contribution in [0.4, 0.5) is 5.95 Å². The lowest BCUT2D eigenvalue weighted by molar-refractivity contribution is 0.0933. The van der Waals surface area contributed by atoms with Crippen molar-refractivity contribution in [1.82, 2.24) is 15.0 Å². The molecule has 2 N–H and O–H groups in total. The highest BCUT2D eigenvalue weighted by Gasteiger charge is 2.17. The van der Waals surface area contributed by atoms with Crippen LogP contribution in [0, 0.1) is 0 Å². The van der Waals surface area contributed by atoms with Crippen LogP contribution in [0.1, 0.15) is 23.0 Å². The van der Waals surface area contributed by atoms with Crippen molar-refractivity contribution in [2.75, 3.05) is 5.43 Å². The molecule has 2 aromatic heterocycles. The van der Waals surface area contributed by atoms with E-state index in [-0.39, 0.29) is 17.3 Å². The molecule has 0 aliphatic carbocycles. The van der Waals surface area contributed by atoms with Crippen molar-refractivity contribution in [3.63, 3.8) is 0 Å². The van der Waals surface area contributed by atoms with E-state index in [2.05, 4.69) is 15.8 Å². The summed E-state index contributed by atoms with van der Waals surface area (Å²) in [5.41, 5.74) is 6.53. The smallest absolute Gasteiger partial charge is 0.305 e. The molecule has 8 heteroatoms. The molecule has 0 aliphatic heterocycles. The SMILES string of the molecule is CCn1c(NNC(=O)c2occc2CSc2ccccc2)nc2ccccc2c1=O. The van der Waals surface area contributed by atoms with Crippen LogP contribution in [0.5, 0.6) is 0 Å². The molecule has 1 amide bonds. The first-order valence-corrected chi connectivity index (χ1v) is 10.5. The molecule has 2 aromatic carbocycles. The molecular weight excluding hydrogens is 400 g/mol. The molecule has 152 valence electrons. The molecule has 4 aromatic rings. The van der Waals surface area contributed by atoms with E-state index >= 15 is 0 Å². The predicted octanol–water partition coefficient (Wildman–Crippen LogP) is 4.06. The number of para-hydroxylation sites is 1. The average molecular weight is 420 g/mol. The summed E-state index contributed by atoms with van der Waals surface area (Å²) in [6.07, 6.45) is 1.49. The van der Waals surface area contributed by atoms with Gasteiger partial charge in [-0.05, 0) is 37.3 Å². The number of hydrazine groups is 1. The third kappa shape index (κ3) is 4.08. The first kappa shape index (κ1) is 19.8. The maximum atomic E-state index is 12.7. The summed E-state index contributed by atoms with van der Waals surface area (Å²) in [7, 11) is 0. The topological polar surface area (TPSA) is 89.2 Å². The maximum absolute atomic E-state index is 12.7. The molecule has 0 radical (unpaired) electrons. The van der Waals surface area contributed by atoms with E-state index in [0.717, 1.165) is 10.5 Å². The summed E-state index contributed by atoms with van der Waals surface area (Å²) in [6.45, 7) is 2.25. The average Bonchev–Trinajstić information content (AvgIpc) is 3.26. The zero-order valence-electron chi connectivity index (χ0n) is 16.3. The number of aromatic nitrogens is 2. The van der Waals surface area contributed by atoms with Crippen LogP contribution in [0.15, 0.2) is 81.0 Å². The summed E-state index contributed by atoms with van der Waals surface area (Å²) < 4.78 is 6.87. The van der Waals surface area contributed by atoms with Crippen molar-refractivity contribution in [1.29, 1.82) is 0 Å². The van der Waals surface area contributed by atoms with Crippen LogP contribution in [0.25, 0.3) is 10.9 Å². The molecule has 0 bridgehead atoms. The van der Waals surface area contributed by atoms with Crippen LogP contribution < -0.4 is 16.4 Å². The highest BCUT2D eigenvalue weighted by molar-refractivity contribution is 7.98. The number of fused-ring (bicyclic) bond motifs is 1. The van der Waals surface area contributed by atoms with Gasteiger partial charge in [0.2, 0.25) is 5.95 Å². The summed E-state index contributed by atoms with van der Waals surface area (Å²) >= 11 is 1.62. The number of nitrogens with one attached hydrogen (secondary N) is 2. The van der Waals surface area contributed by atoms with Gasteiger partial charge in [-0.15, -0.1) is 11.8 Å². The highest BCUT2D eigenvalue weighted by Crippen LogP contribution is 2.24. The number of hydrogen-bond donors (Lipinski definition) is 2. The second-order valence-electron chi connectivity index (χ2n) is 6.46. The Balaban J connectivity index is 1.49. The molecule has 0 saturated heterocycles. The Morgan fingerprint density at radius 3 is 2.67 bits per heavy atom. The number of furan rings is 1. The molecule has 0 atom stereocenters. The summed E-state index contributed by atoms with van der Waals surface area (Å²) in [6, 6.07) is 18.8. The van der Waals surface area contributed by atoms with Gasteiger partial charge in [-0.25, -0.2) is 4.98 Å². The van der Waals surface area contributed by atoms with E-state index in [9.17, 15) is 9.59 Å². The molecule has 4 rings (SSSR count). The lowest BCUT2D eigenvalue weighted by Crippen LogP contribution is -2.34. The van der Waals surface area contributed by atoms with Gasteiger partial charge in [0.1, 0.15) is 0 Å². The maximum Gasteiger partial charge on any atom is 0.305 e. The Morgan fingerprint density at radius 1 is 1.10 bits per heavy atom. The van der Waals surface area contributed by atoms with Gasteiger partial charge in [-0.1, -0.05) is 30.3 Å². The fourth-order valence-corrected chi connectivity index (χ4v) is 3.95. The number of nitrogens with zero attached hydrogens (tertiary/aromatic N) is 2. The highest BCUT2D eigenvalue weighted by atomic mass is 32.2. The van der Waals surface area contributed by atoms with Crippen LogP contribution in [-0.4, -0.2) is 15.5 Å². The Hall–Kier alpha value is -3.52. The fraction of sp³-hybridized carbons (Fsp3) is 0.136. The summed E-state index contributed by atoms with van der Waals surface area (Å²) in [5.74, 6) is 0.643. The molecule has 0 spiro atoms. The minimum Gasteiger partial charge on any atom is -0.459 e. The van der Waals surface area contributed by atoms with E-state index in [1.807, 2.05) is 43.3 Å². The number of hydrogen-bond acceptors (Lipinski definition) is 6. The summed E-state index contributed by atoms with van der Waals surface area (Å²) in [5, 5.41) is 0.530. The number of carbonyl (C=O) groups excluding carboxylic acids is 1. The van der Waals surface area contributed by atoms with Crippen LogP contribution >= 0.6 is 11.8 Å². The van der Waals surface area contributed by atoms with Gasteiger partial charge in [0.15, 0.2) is 5.76 Å². The van der Waals surface area contributed by atoms with E-state index in [0.29, 0.717) is 23.2 Å². The van der Waals surface area contributed by atoms with Crippen molar-refractivity contribution in [2.24, 2.45) is 0 Å². The molecule has 2 heterocycles. The molecule has 7 nitrogen and oxygen atoms in total. The molecule has 0 aliphatic rings. The van der Waals surface area contributed by atoms with Crippen molar-refractivity contribution in [3.05, 3.63) is 88.6 Å². The van der Waals surface area contributed by atoms with Gasteiger partial charge in [0.25, 0.3) is 5.56 Å². The molecule has 0 fully saturated rings. The van der Waals surface area contributed by atoms with Crippen molar-refractivity contribution < 1.29 is 9.21 Å². The first-order valence-electron chi connectivity index (χ1n) is 9.47. The Bertz CT molecular complexity index is 1230. The van der Waals surface area contributed by atoms with Crippen molar-refractivity contribution >= 4 is 34.5 Å². The van der Waals surface area contributed by atoms with E-state index in [1.165, 1.54) is 10.8 Å². The monoisotopic (exact) mass is 420 g/mol. The molecule has 0 unspecified atom stereocenters. The lowest BCUT2D eigenvalue weighted by Gasteiger charge is -2.13. The van der Waals surface area contributed by atoms with E-state index < -0.39 is 5.91 Å². The van der Waals surface area contributed by atoms with E-state index in [1.54, 1.807) is 36.0 Å². The fourth-order valence-electron chi connectivity index (χ4n) is 3.05. The number of benzene rings is 2. The quantitative estimate of drug-likeness (QED) is 0.346. The number of anilines is 1. The minimum atomic E-state index is -0.436. The van der Waals surface area contributed by atoms with Gasteiger partial charge in [0, 0.05) is 22.8 Å². The first-order chi connectivity index (χ1) is 14.7. The van der Waals surface area contributed by atoms with Crippen LogP contribution in [-0.2, 0) is 12.3 Å². The third-order valence-electron chi connectivity index (χ3n) is 4.56. The number of carbonyl (C=O) groups is 1. The van der Waals surface area contributed by atoms with Gasteiger partial charge >= 0.3 is 5.91 Å². The van der Waals surface area contributed by atoms with Crippen LogP contribution in [0.3, 0.4) is 0 Å². The van der Waals surface area contributed by atoms with Crippen LogP contribution in [0.2, 0.25) is 0 Å². The molecule has 30 heavy (non-hydrogen) atoms. The molecular formula is C22H20N4O3S. The zero-order chi connectivity index (χ0) is 20.9. The van der Waals surface area contributed by atoms with Gasteiger partial charge < -0.3 is 4.42 Å². The lowest BCUT2D eigenvalue weighted by atomic mass is 10.2. The minimum absolute atomic E-state index is 0.169. The zero-order valence-corrected chi connectivity index (χ0v) is 17.1. The molecule has 0 saturated carbocycles. The van der Waals surface area contributed by atoms with Gasteiger partial charge in [0.05, 0.1) is 17.2 Å². The largest absolute Gasteiger partial charge is 0.459 e. The van der Waals surface area contributed by atoms with Gasteiger partial charge in [-0.2, -0.15) is 0 Å². The second-order valence-corrected chi connectivity index (χ2v) is 7.51.